The first kappa shape index (κ1) is 16.5. The van der Waals surface area contributed by atoms with Crippen molar-refractivity contribution >= 4 is 68.2 Å². The first-order valence-electron chi connectivity index (χ1n) is 5.89. The van der Waals surface area contributed by atoms with Crippen LogP contribution in [0.1, 0.15) is 0 Å². The molecule has 0 unspecified atom stereocenters. The summed E-state index contributed by atoms with van der Waals surface area (Å²) in [7, 11) is 0. The summed E-state index contributed by atoms with van der Waals surface area (Å²) in [4.78, 5) is 13.0. The summed E-state index contributed by atoms with van der Waals surface area (Å²) in [5, 5.41) is 3.45. The SMILES string of the molecule is Nc1cc(Cl)cc(Cl)c1NC(=O)CSc1ccccc1Br. The predicted octanol–water partition coefficient (Wildman–Crippen LogP) is 5.07. The van der Waals surface area contributed by atoms with Crippen molar-refractivity contribution < 1.29 is 4.79 Å². The molecule has 2 aromatic carbocycles. The second-order valence-corrected chi connectivity index (χ2v) is 6.83. The Labute approximate surface area is 145 Å². The Morgan fingerprint density at radius 2 is 2.00 bits per heavy atom. The third kappa shape index (κ3) is 4.54. The van der Waals surface area contributed by atoms with E-state index in [1.807, 2.05) is 24.3 Å². The fraction of sp³-hybridized carbons (Fsp3) is 0.0714. The molecule has 21 heavy (non-hydrogen) atoms. The Balaban J connectivity index is 2.01. The number of nitrogens with two attached hydrogens (primary N) is 1. The molecule has 0 aliphatic carbocycles. The Morgan fingerprint density at radius 3 is 2.67 bits per heavy atom. The van der Waals surface area contributed by atoms with E-state index in [4.69, 9.17) is 28.9 Å². The van der Waals surface area contributed by atoms with Crippen LogP contribution in [-0.4, -0.2) is 11.7 Å². The molecule has 0 atom stereocenters. The van der Waals surface area contributed by atoms with Gasteiger partial charge in [-0.25, -0.2) is 0 Å². The van der Waals surface area contributed by atoms with Crippen molar-refractivity contribution in [1.29, 1.82) is 0 Å². The maximum absolute atomic E-state index is 12.0. The number of anilines is 2. The maximum atomic E-state index is 12.0. The van der Waals surface area contributed by atoms with Crippen LogP contribution in [0.25, 0.3) is 0 Å². The Bertz CT molecular complexity index is 659. The highest BCUT2D eigenvalue weighted by Gasteiger charge is 2.11. The quantitative estimate of drug-likeness (QED) is 0.551. The second-order valence-electron chi connectivity index (χ2n) is 4.12. The molecule has 7 heteroatoms. The Hall–Kier alpha value is -0.880. The van der Waals surface area contributed by atoms with Gasteiger partial charge in [-0.1, -0.05) is 35.3 Å². The van der Waals surface area contributed by atoms with Gasteiger partial charge in [0.25, 0.3) is 0 Å². The van der Waals surface area contributed by atoms with Gasteiger partial charge in [0, 0.05) is 14.4 Å². The summed E-state index contributed by atoms with van der Waals surface area (Å²) in [6.07, 6.45) is 0. The molecule has 1 amide bonds. The highest BCUT2D eigenvalue weighted by molar-refractivity contribution is 9.10. The Morgan fingerprint density at radius 1 is 1.29 bits per heavy atom. The van der Waals surface area contributed by atoms with Gasteiger partial charge in [0.05, 0.1) is 22.2 Å². The molecule has 2 rings (SSSR count). The van der Waals surface area contributed by atoms with E-state index in [0.29, 0.717) is 21.4 Å². The van der Waals surface area contributed by atoms with Crippen molar-refractivity contribution in [3.63, 3.8) is 0 Å². The third-order valence-corrected chi connectivity index (χ3v) is 5.09. The molecule has 0 radical (unpaired) electrons. The lowest BCUT2D eigenvalue weighted by atomic mass is 10.2. The molecule has 0 heterocycles. The number of carbonyl (C=O) groups excluding carboxylic acids is 1. The third-order valence-electron chi connectivity index (χ3n) is 2.55. The van der Waals surface area contributed by atoms with E-state index in [2.05, 4.69) is 21.2 Å². The molecule has 0 spiro atoms. The zero-order valence-electron chi connectivity index (χ0n) is 10.7. The van der Waals surface area contributed by atoms with Gasteiger partial charge in [-0.15, -0.1) is 11.8 Å². The lowest BCUT2D eigenvalue weighted by Gasteiger charge is -2.11. The van der Waals surface area contributed by atoms with E-state index in [0.717, 1.165) is 9.37 Å². The van der Waals surface area contributed by atoms with Crippen LogP contribution in [0.15, 0.2) is 45.8 Å². The summed E-state index contributed by atoms with van der Waals surface area (Å²) in [6.45, 7) is 0. The molecule has 0 saturated heterocycles. The van der Waals surface area contributed by atoms with Crippen LogP contribution in [0.5, 0.6) is 0 Å². The van der Waals surface area contributed by atoms with Gasteiger partial charge in [-0.05, 0) is 40.2 Å². The van der Waals surface area contributed by atoms with Crippen LogP contribution in [0.4, 0.5) is 11.4 Å². The van der Waals surface area contributed by atoms with E-state index >= 15 is 0 Å². The average molecular weight is 406 g/mol. The summed E-state index contributed by atoms with van der Waals surface area (Å²) >= 11 is 16.7. The van der Waals surface area contributed by atoms with E-state index in [-0.39, 0.29) is 11.7 Å². The fourth-order valence-corrected chi connectivity index (χ4v) is 3.53. The van der Waals surface area contributed by atoms with Gasteiger partial charge >= 0.3 is 0 Å². The molecule has 0 aromatic heterocycles. The predicted molar refractivity (Wildman–Crippen MR) is 94.4 cm³/mol. The van der Waals surface area contributed by atoms with Gasteiger partial charge in [0.15, 0.2) is 0 Å². The first-order valence-corrected chi connectivity index (χ1v) is 8.42. The minimum Gasteiger partial charge on any atom is -0.397 e. The van der Waals surface area contributed by atoms with Gasteiger partial charge < -0.3 is 11.1 Å². The summed E-state index contributed by atoms with van der Waals surface area (Å²) < 4.78 is 0.951. The second kappa shape index (κ2) is 7.40. The summed E-state index contributed by atoms with van der Waals surface area (Å²) in [5.41, 5.74) is 6.53. The first-order chi connectivity index (χ1) is 9.97. The van der Waals surface area contributed by atoms with Crippen molar-refractivity contribution in [1.82, 2.24) is 0 Å². The molecule has 0 aliphatic rings. The number of thioether (sulfide) groups is 1. The highest BCUT2D eigenvalue weighted by atomic mass is 79.9. The number of amides is 1. The van der Waals surface area contributed by atoms with Crippen LogP contribution < -0.4 is 11.1 Å². The van der Waals surface area contributed by atoms with Crippen molar-refractivity contribution in [3.8, 4) is 0 Å². The van der Waals surface area contributed by atoms with E-state index in [1.54, 1.807) is 6.07 Å². The largest absolute Gasteiger partial charge is 0.397 e. The number of nitrogen functional groups attached to an aromatic ring is 1. The molecule has 0 bridgehead atoms. The van der Waals surface area contributed by atoms with Crippen LogP contribution in [-0.2, 0) is 4.79 Å². The minimum atomic E-state index is -0.188. The van der Waals surface area contributed by atoms with Crippen LogP contribution in [0, 0.1) is 0 Å². The average Bonchev–Trinajstić information content (AvgIpc) is 2.42. The molecular weight excluding hydrogens is 395 g/mol. The van der Waals surface area contributed by atoms with Gasteiger partial charge in [0.2, 0.25) is 5.91 Å². The maximum Gasteiger partial charge on any atom is 0.234 e. The van der Waals surface area contributed by atoms with Crippen LogP contribution in [0.2, 0.25) is 10.0 Å². The lowest BCUT2D eigenvalue weighted by Crippen LogP contribution is -2.15. The highest BCUT2D eigenvalue weighted by Crippen LogP contribution is 2.32. The molecule has 3 nitrogen and oxygen atoms in total. The topological polar surface area (TPSA) is 55.1 Å². The molecule has 2 aromatic rings. The standard InChI is InChI=1S/C14H11BrCl2N2OS/c15-9-3-1-2-4-12(9)21-7-13(20)19-14-10(17)5-8(16)6-11(14)18/h1-6H,7,18H2,(H,19,20). The zero-order valence-corrected chi connectivity index (χ0v) is 14.6. The minimum absolute atomic E-state index is 0.188. The van der Waals surface area contributed by atoms with E-state index < -0.39 is 0 Å². The van der Waals surface area contributed by atoms with Crippen molar-refractivity contribution in [2.45, 2.75) is 4.90 Å². The smallest absolute Gasteiger partial charge is 0.234 e. The van der Waals surface area contributed by atoms with Gasteiger partial charge in [0.1, 0.15) is 0 Å². The summed E-state index contributed by atoms with van der Waals surface area (Å²) in [6, 6.07) is 10.8. The molecule has 0 fully saturated rings. The van der Waals surface area contributed by atoms with E-state index in [9.17, 15) is 4.79 Å². The van der Waals surface area contributed by atoms with Gasteiger partial charge in [-0.2, -0.15) is 0 Å². The molecule has 0 saturated carbocycles. The van der Waals surface area contributed by atoms with Crippen molar-refractivity contribution in [3.05, 3.63) is 50.9 Å². The molecule has 3 N–H and O–H groups in total. The molecule has 110 valence electrons. The number of nitrogens with one attached hydrogen (secondary N) is 1. The normalized spacial score (nSPS) is 10.4. The number of hydrogen-bond donors (Lipinski definition) is 2. The Kier molecular flexibility index (Phi) is 5.81. The van der Waals surface area contributed by atoms with Crippen LogP contribution in [0.3, 0.4) is 0 Å². The number of hydrogen-bond acceptors (Lipinski definition) is 3. The lowest BCUT2D eigenvalue weighted by molar-refractivity contribution is -0.113. The van der Waals surface area contributed by atoms with E-state index in [1.165, 1.54) is 17.8 Å². The number of benzene rings is 2. The molecule has 0 aliphatic heterocycles. The number of rotatable bonds is 4. The molecular formula is C14H11BrCl2N2OS. The van der Waals surface area contributed by atoms with Crippen molar-refractivity contribution in [2.24, 2.45) is 0 Å². The van der Waals surface area contributed by atoms with Crippen molar-refractivity contribution in [2.75, 3.05) is 16.8 Å². The fourth-order valence-electron chi connectivity index (χ4n) is 1.61. The van der Waals surface area contributed by atoms with Gasteiger partial charge in [-0.3, -0.25) is 4.79 Å². The number of halogens is 3. The monoisotopic (exact) mass is 404 g/mol. The zero-order chi connectivity index (χ0) is 15.4. The van der Waals surface area contributed by atoms with Crippen LogP contribution >= 0.6 is 50.9 Å². The summed E-state index contributed by atoms with van der Waals surface area (Å²) in [5.74, 6) is 0.0627. The number of carbonyl (C=O) groups is 1.